The van der Waals surface area contributed by atoms with Crippen LogP contribution in [0.3, 0.4) is 0 Å². The van der Waals surface area contributed by atoms with Crippen LogP contribution in [-0.2, 0) is 5.33 Å². The highest BCUT2D eigenvalue weighted by Crippen LogP contribution is 2.22. The maximum Gasteiger partial charge on any atom is 0.574 e. The quantitative estimate of drug-likeness (QED) is 0.611. The Labute approximate surface area is 85.0 Å². The Morgan fingerprint density at radius 3 is 2.50 bits per heavy atom. The van der Waals surface area contributed by atoms with E-state index in [1.807, 2.05) is 0 Å². The van der Waals surface area contributed by atoms with Gasteiger partial charge in [0.2, 0.25) is 5.88 Å². The predicted molar refractivity (Wildman–Crippen MR) is 43.5 cm³/mol. The van der Waals surface area contributed by atoms with Crippen molar-refractivity contribution in [2.75, 3.05) is 0 Å². The van der Waals surface area contributed by atoms with Gasteiger partial charge >= 0.3 is 6.36 Å². The second kappa shape index (κ2) is 4.12. The Bertz CT molecular complexity index is 328. The molecule has 1 heterocycles. The topological polar surface area (TPSA) is 22.1 Å². The van der Waals surface area contributed by atoms with Gasteiger partial charge in [0.1, 0.15) is 5.82 Å². The molecule has 0 radical (unpaired) electrons. The van der Waals surface area contributed by atoms with Crippen LogP contribution in [0.25, 0.3) is 0 Å². The summed E-state index contributed by atoms with van der Waals surface area (Å²) >= 11 is 2.88. The molecule has 0 N–H and O–H groups in total. The average molecular weight is 274 g/mol. The van der Waals surface area contributed by atoms with Gasteiger partial charge in [0.25, 0.3) is 0 Å². The molecule has 0 saturated heterocycles. The molecule has 0 aliphatic heterocycles. The molecule has 0 aliphatic rings. The van der Waals surface area contributed by atoms with E-state index in [1.165, 1.54) is 0 Å². The number of alkyl halides is 4. The lowest BCUT2D eigenvalue weighted by Crippen LogP contribution is -2.18. The van der Waals surface area contributed by atoms with Crippen LogP contribution < -0.4 is 4.74 Å². The Morgan fingerprint density at radius 2 is 2.00 bits per heavy atom. The predicted octanol–water partition coefficient (Wildman–Crippen LogP) is 3.01. The fourth-order valence-electron chi connectivity index (χ4n) is 0.733. The van der Waals surface area contributed by atoms with E-state index in [2.05, 4.69) is 25.7 Å². The third kappa shape index (κ3) is 3.13. The van der Waals surface area contributed by atoms with E-state index >= 15 is 0 Å². The second-order valence-corrected chi connectivity index (χ2v) is 2.82. The monoisotopic (exact) mass is 273 g/mol. The van der Waals surface area contributed by atoms with E-state index < -0.39 is 18.1 Å². The first-order chi connectivity index (χ1) is 6.42. The number of halogens is 5. The lowest BCUT2D eigenvalue weighted by Gasteiger charge is -2.08. The molecular weight excluding hydrogens is 270 g/mol. The molecule has 0 spiro atoms. The Morgan fingerprint density at radius 1 is 1.36 bits per heavy atom. The lowest BCUT2D eigenvalue weighted by atomic mass is 10.3. The average Bonchev–Trinajstić information content (AvgIpc) is 2.06. The number of pyridine rings is 1. The minimum absolute atomic E-state index is 0.0217. The molecule has 0 fully saturated rings. The summed E-state index contributed by atoms with van der Waals surface area (Å²) in [4.78, 5) is 3.31. The number of rotatable bonds is 2. The molecule has 1 rings (SSSR count). The van der Waals surface area contributed by atoms with E-state index in [0.29, 0.717) is 0 Å². The highest BCUT2D eigenvalue weighted by atomic mass is 79.9. The standard InChI is InChI=1S/C7H4BrF4NO/c8-3-5-4(9)1-2-6(13-5)14-7(10,11)12/h1-2H,3H2. The van der Waals surface area contributed by atoms with Gasteiger partial charge in [-0.1, -0.05) is 15.9 Å². The van der Waals surface area contributed by atoms with Crippen molar-refractivity contribution in [2.24, 2.45) is 0 Å². The molecule has 0 unspecified atom stereocenters. The van der Waals surface area contributed by atoms with Gasteiger partial charge in [-0.3, -0.25) is 0 Å². The van der Waals surface area contributed by atoms with Crippen molar-refractivity contribution in [2.45, 2.75) is 11.7 Å². The largest absolute Gasteiger partial charge is 0.574 e. The molecule has 2 nitrogen and oxygen atoms in total. The summed E-state index contributed by atoms with van der Waals surface area (Å²) < 4.78 is 51.4. The van der Waals surface area contributed by atoms with Crippen LogP contribution in [0.1, 0.15) is 5.69 Å². The molecule has 0 saturated carbocycles. The van der Waals surface area contributed by atoms with Crippen molar-refractivity contribution in [1.29, 1.82) is 0 Å². The van der Waals surface area contributed by atoms with E-state index in [-0.39, 0.29) is 11.0 Å². The number of hydrogen-bond acceptors (Lipinski definition) is 2. The van der Waals surface area contributed by atoms with Crippen LogP contribution in [0, 0.1) is 5.82 Å². The summed E-state index contributed by atoms with van der Waals surface area (Å²) in [5, 5.41) is 0.0217. The van der Waals surface area contributed by atoms with Crippen molar-refractivity contribution in [3.63, 3.8) is 0 Å². The molecule has 0 atom stereocenters. The first-order valence-electron chi connectivity index (χ1n) is 3.39. The smallest absolute Gasteiger partial charge is 0.388 e. The van der Waals surface area contributed by atoms with Gasteiger partial charge in [-0.05, 0) is 6.07 Å². The van der Waals surface area contributed by atoms with Gasteiger partial charge in [0.15, 0.2) is 0 Å². The highest BCUT2D eigenvalue weighted by Gasteiger charge is 2.31. The fourth-order valence-corrected chi connectivity index (χ4v) is 1.13. The van der Waals surface area contributed by atoms with Gasteiger partial charge in [0.05, 0.1) is 5.69 Å². The zero-order chi connectivity index (χ0) is 10.8. The molecule has 1 aromatic rings. The number of nitrogens with zero attached hydrogens (tertiary/aromatic N) is 1. The molecule has 0 amide bonds. The third-order valence-electron chi connectivity index (χ3n) is 1.24. The Balaban J connectivity index is 2.90. The molecule has 0 bridgehead atoms. The second-order valence-electron chi connectivity index (χ2n) is 2.26. The maximum atomic E-state index is 12.8. The summed E-state index contributed by atoms with van der Waals surface area (Å²) in [6.07, 6.45) is -4.81. The summed E-state index contributed by atoms with van der Waals surface area (Å²) in [6, 6.07) is 1.68. The van der Waals surface area contributed by atoms with Crippen molar-refractivity contribution in [3.8, 4) is 5.88 Å². The zero-order valence-corrected chi connectivity index (χ0v) is 8.19. The first kappa shape index (κ1) is 11.2. The van der Waals surface area contributed by atoms with Gasteiger partial charge in [-0.2, -0.15) is 0 Å². The van der Waals surface area contributed by atoms with E-state index in [9.17, 15) is 17.6 Å². The number of aromatic nitrogens is 1. The molecule has 7 heteroatoms. The van der Waals surface area contributed by atoms with Crippen LogP contribution in [0.15, 0.2) is 12.1 Å². The SMILES string of the molecule is Fc1ccc(OC(F)(F)F)nc1CBr. The zero-order valence-electron chi connectivity index (χ0n) is 6.61. The van der Waals surface area contributed by atoms with Crippen LogP contribution in [-0.4, -0.2) is 11.3 Å². The van der Waals surface area contributed by atoms with Gasteiger partial charge < -0.3 is 4.74 Å². The minimum atomic E-state index is -4.81. The molecular formula is C7H4BrF4NO. The van der Waals surface area contributed by atoms with E-state index in [1.54, 1.807) is 0 Å². The van der Waals surface area contributed by atoms with Crippen molar-refractivity contribution >= 4 is 15.9 Å². The Kier molecular flexibility index (Phi) is 3.30. The summed E-state index contributed by atoms with van der Waals surface area (Å²) in [6.45, 7) is 0. The summed E-state index contributed by atoms with van der Waals surface area (Å²) in [5.74, 6) is -1.36. The minimum Gasteiger partial charge on any atom is -0.388 e. The van der Waals surface area contributed by atoms with Gasteiger partial charge in [-0.15, -0.1) is 13.2 Å². The van der Waals surface area contributed by atoms with E-state index in [0.717, 1.165) is 12.1 Å². The fraction of sp³-hybridized carbons (Fsp3) is 0.286. The molecule has 14 heavy (non-hydrogen) atoms. The summed E-state index contributed by atoms with van der Waals surface area (Å²) in [7, 11) is 0. The van der Waals surface area contributed by atoms with Crippen LogP contribution >= 0.6 is 15.9 Å². The molecule has 0 aromatic carbocycles. The summed E-state index contributed by atoms with van der Waals surface area (Å²) in [5.41, 5.74) is -0.133. The van der Waals surface area contributed by atoms with Crippen LogP contribution in [0.5, 0.6) is 5.88 Å². The number of hydrogen-bond donors (Lipinski definition) is 0. The number of ether oxygens (including phenoxy) is 1. The highest BCUT2D eigenvalue weighted by molar-refractivity contribution is 9.08. The van der Waals surface area contributed by atoms with Crippen LogP contribution in [0.2, 0.25) is 0 Å². The van der Waals surface area contributed by atoms with Crippen molar-refractivity contribution < 1.29 is 22.3 Å². The normalized spacial score (nSPS) is 11.5. The van der Waals surface area contributed by atoms with Gasteiger partial charge in [0, 0.05) is 11.4 Å². The van der Waals surface area contributed by atoms with Crippen molar-refractivity contribution in [1.82, 2.24) is 4.98 Å². The van der Waals surface area contributed by atoms with Gasteiger partial charge in [-0.25, -0.2) is 9.37 Å². The third-order valence-corrected chi connectivity index (χ3v) is 1.77. The lowest BCUT2D eigenvalue weighted by molar-refractivity contribution is -0.276. The van der Waals surface area contributed by atoms with Crippen LogP contribution in [0.4, 0.5) is 17.6 Å². The van der Waals surface area contributed by atoms with Crippen molar-refractivity contribution in [3.05, 3.63) is 23.6 Å². The molecule has 0 aliphatic carbocycles. The maximum absolute atomic E-state index is 12.8. The molecule has 78 valence electrons. The Hall–Kier alpha value is -0.850. The first-order valence-corrected chi connectivity index (χ1v) is 4.51. The molecule has 1 aromatic heterocycles. The van der Waals surface area contributed by atoms with E-state index in [4.69, 9.17) is 0 Å².